The van der Waals surface area contributed by atoms with E-state index in [1.165, 1.54) is 0 Å². The van der Waals surface area contributed by atoms with Crippen molar-refractivity contribution in [3.8, 4) is 22.8 Å². The summed E-state index contributed by atoms with van der Waals surface area (Å²) in [7, 11) is 5.00. The molecular formula is C18H21N3O3. The van der Waals surface area contributed by atoms with E-state index in [0.717, 1.165) is 18.4 Å². The van der Waals surface area contributed by atoms with Crippen LogP contribution in [-0.4, -0.2) is 48.1 Å². The quantitative estimate of drug-likeness (QED) is 0.845. The van der Waals surface area contributed by atoms with Crippen LogP contribution in [0.3, 0.4) is 0 Å². The number of aryl methyl sites for hydroxylation is 1. The van der Waals surface area contributed by atoms with Gasteiger partial charge in [-0.05, 0) is 38.0 Å². The first-order valence-electron chi connectivity index (χ1n) is 7.88. The number of amides is 1. The van der Waals surface area contributed by atoms with E-state index in [0.29, 0.717) is 34.6 Å². The molecule has 1 aromatic heterocycles. The van der Waals surface area contributed by atoms with Gasteiger partial charge in [-0.2, -0.15) is 0 Å². The highest BCUT2D eigenvalue weighted by atomic mass is 16.5. The average Bonchev–Trinajstić information content (AvgIpc) is 3.44. The van der Waals surface area contributed by atoms with Gasteiger partial charge in [-0.15, -0.1) is 0 Å². The van der Waals surface area contributed by atoms with Gasteiger partial charge < -0.3 is 14.4 Å². The van der Waals surface area contributed by atoms with Gasteiger partial charge in [-0.1, -0.05) is 0 Å². The number of methoxy groups -OCH3 is 2. The molecule has 0 atom stereocenters. The van der Waals surface area contributed by atoms with Crippen LogP contribution in [0, 0.1) is 6.92 Å². The van der Waals surface area contributed by atoms with Crippen LogP contribution in [0.2, 0.25) is 0 Å². The highest BCUT2D eigenvalue weighted by Crippen LogP contribution is 2.34. The first-order valence-corrected chi connectivity index (χ1v) is 7.88. The smallest absolute Gasteiger partial charge is 0.257 e. The summed E-state index contributed by atoms with van der Waals surface area (Å²) in [6.45, 7) is 1.81. The van der Waals surface area contributed by atoms with E-state index in [2.05, 4.69) is 9.97 Å². The summed E-state index contributed by atoms with van der Waals surface area (Å²) < 4.78 is 10.6. The Morgan fingerprint density at radius 1 is 1.21 bits per heavy atom. The number of hydrogen-bond donors (Lipinski definition) is 0. The second-order valence-electron chi connectivity index (χ2n) is 5.90. The molecule has 24 heavy (non-hydrogen) atoms. The molecular weight excluding hydrogens is 306 g/mol. The fourth-order valence-electron chi connectivity index (χ4n) is 2.65. The van der Waals surface area contributed by atoms with Crippen molar-refractivity contribution >= 4 is 5.91 Å². The lowest BCUT2D eigenvalue weighted by molar-refractivity contribution is 0.0785. The van der Waals surface area contributed by atoms with Crippen molar-refractivity contribution in [1.29, 1.82) is 0 Å². The molecule has 0 N–H and O–H groups in total. The van der Waals surface area contributed by atoms with Crippen molar-refractivity contribution in [2.24, 2.45) is 0 Å². The second kappa shape index (κ2) is 6.47. The SMILES string of the molecule is COc1ccc(-c2nc(C)ncc2C(=O)N(C)C2CC2)cc1OC. The van der Waals surface area contributed by atoms with Crippen LogP contribution >= 0.6 is 0 Å². The summed E-state index contributed by atoms with van der Waals surface area (Å²) in [5.74, 6) is 1.79. The first kappa shape index (κ1) is 16.2. The van der Waals surface area contributed by atoms with Gasteiger partial charge in [0.05, 0.1) is 25.5 Å². The van der Waals surface area contributed by atoms with Crippen LogP contribution in [0.15, 0.2) is 24.4 Å². The number of aromatic nitrogens is 2. The van der Waals surface area contributed by atoms with Gasteiger partial charge in [0.15, 0.2) is 11.5 Å². The lowest BCUT2D eigenvalue weighted by Crippen LogP contribution is -2.29. The number of rotatable bonds is 5. The predicted octanol–water partition coefficient (Wildman–Crippen LogP) is 2.70. The monoisotopic (exact) mass is 327 g/mol. The number of ether oxygens (including phenoxy) is 2. The van der Waals surface area contributed by atoms with Crippen molar-refractivity contribution in [2.45, 2.75) is 25.8 Å². The molecule has 1 fully saturated rings. The Balaban J connectivity index is 2.06. The minimum absolute atomic E-state index is 0.0534. The Kier molecular flexibility index (Phi) is 4.38. The molecule has 6 nitrogen and oxygen atoms in total. The molecule has 1 aromatic carbocycles. The molecule has 1 saturated carbocycles. The van der Waals surface area contributed by atoms with Crippen LogP contribution in [0.1, 0.15) is 29.0 Å². The van der Waals surface area contributed by atoms with E-state index in [-0.39, 0.29) is 5.91 Å². The fraction of sp³-hybridized carbons (Fsp3) is 0.389. The van der Waals surface area contributed by atoms with Crippen LogP contribution in [0.5, 0.6) is 11.5 Å². The van der Waals surface area contributed by atoms with Crippen LogP contribution in [0.4, 0.5) is 0 Å². The zero-order valence-electron chi connectivity index (χ0n) is 14.4. The summed E-state index contributed by atoms with van der Waals surface area (Å²) in [6, 6.07) is 5.84. The normalized spacial score (nSPS) is 13.5. The summed E-state index contributed by atoms with van der Waals surface area (Å²) in [4.78, 5) is 23.3. The molecule has 0 saturated heterocycles. The lowest BCUT2D eigenvalue weighted by Gasteiger charge is -2.18. The zero-order chi connectivity index (χ0) is 17.3. The Hall–Kier alpha value is -2.63. The number of nitrogens with zero attached hydrogens (tertiary/aromatic N) is 3. The van der Waals surface area contributed by atoms with E-state index in [9.17, 15) is 4.79 Å². The summed E-state index contributed by atoms with van der Waals surface area (Å²) in [5.41, 5.74) is 1.91. The van der Waals surface area contributed by atoms with Gasteiger partial charge in [0, 0.05) is 24.8 Å². The third-order valence-corrected chi connectivity index (χ3v) is 4.21. The molecule has 126 valence electrons. The van der Waals surface area contributed by atoms with E-state index >= 15 is 0 Å². The highest BCUT2D eigenvalue weighted by Gasteiger charge is 2.31. The van der Waals surface area contributed by atoms with E-state index < -0.39 is 0 Å². The number of carbonyl (C=O) groups excluding carboxylic acids is 1. The number of carbonyl (C=O) groups is 1. The lowest BCUT2D eigenvalue weighted by atomic mass is 10.1. The number of benzene rings is 1. The minimum atomic E-state index is -0.0534. The van der Waals surface area contributed by atoms with Crippen LogP contribution in [0.25, 0.3) is 11.3 Å². The predicted molar refractivity (Wildman–Crippen MR) is 90.4 cm³/mol. The van der Waals surface area contributed by atoms with Crippen LogP contribution < -0.4 is 9.47 Å². The Morgan fingerprint density at radius 2 is 1.92 bits per heavy atom. The Morgan fingerprint density at radius 3 is 2.54 bits per heavy atom. The van der Waals surface area contributed by atoms with Gasteiger partial charge in [0.25, 0.3) is 5.91 Å². The van der Waals surface area contributed by atoms with E-state index in [1.807, 2.05) is 32.2 Å². The second-order valence-corrected chi connectivity index (χ2v) is 5.90. The van der Waals surface area contributed by atoms with Gasteiger partial charge in [0.2, 0.25) is 0 Å². The topological polar surface area (TPSA) is 64.6 Å². The molecule has 1 amide bonds. The zero-order valence-corrected chi connectivity index (χ0v) is 14.4. The Bertz CT molecular complexity index is 772. The highest BCUT2D eigenvalue weighted by molar-refractivity contribution is 6.00. The molecule has 0 bridgehead atoms. The molecule has 6 heteroatoms. The Labute approximate surface area is 141 Å². The van der Waals surface area contributed by atoms with Crippen LogP contribution in [-0.2, 0) is 0 Å². The maximum Gasteiger partial charge on any atom is 0.257 e. The molecule has 1 aliphatic carbocycles. The van der Waals surface area contributed by atoms with Crippen molar-refractivity contribution in [2.75, 3.05) is 21.3 Å². The number of hydrogen-bond acceptors (Lipinski definition) is 5. The first-order chi connectivity index (χ1) is 11.5. The van der Waals surface area contributed by atoms with Crippen molar-refractivity contribution in [3.63, 3.8) is 0 Å². The average molecular weight is 327 g/mol. The minimum Gasteiger partial charge on any atom is -0.493 e. The molecule has 2 aromatic rings. The summed E-state index contributed by atoms with van der Waals surface area (Å²) in [5, 5.41) is 0. The standard InChI is InChI=1S/C18H21N3O3/c1-11-19-10-14(18(22)21(2)13-6-7-13)17(20-11)12-5-8-15(23-3)16(9-12)24-4/h5,8-10,13H,6-7H2,1-4H3. The third kappa shape index (κ3) is 3.04. The van der Waals surface area contributed by atoms with Gasteiger partial charge in [-0.25, -0.2) is 9.97 Å². The van der Waals surface area contributed by atoms with Crippen molar-refractivity contribution in [1.82, 2.24) is 14.9 Å². The van der Waals surface area contributed by atoms with Crippen molar-refractivity contribution < 1.29 is 14.3 Å². The van der Waals surface area contributed by atoms with Gasteiger partial charge >= 0.3 is 0 Å². The molecule has 1 aliphatic rings. The summed E-state index contributed by atoms with van der Waals surface area (Å²) >= 11 is 0. The van der Waals surface area contributed by atoms with Gasteiger partial charge in [-0.3, -0.25) is 4.79 Å². The molecule has 0 radical (unpaired) electrons. The maximum absolute atomic E-state index is 12.8. The fourth-order valence-corrected chi connectivity index (χ4v) is 2.65. The molecule has 0 spiro atoms. The largest absolute Gasteiger partial charge is 0.493 e. The molecule has 0 aliphatic heterocycles. The summed E-state index contributed by atoms with van der Waals surface area (Å²) in [6.07, 6.45) is 3.72. The van der Waals surface area contributed by atoms with E-state index in [1.54, 1.807) is 25.3 Å². The molecule has 0 unspecified atom stereocenters. The third-order valence-electron chi connectivity index (χ3n) is 4.21. The van der Waals surface area contributed by atoms with Gasteiger partial charge in [0.1, 0.15) is 5.82 Å². The van der Waals surface area contributed by atoms with E-state index in [4.69, 9.17) is 9.47 Å². The molecule has 1 heterocycles. The molecule has 3 rings (SSSR count). The van der Waals surface area contributed by atoms with Crippen molar-refractivity contribution in [3.05, 3.63) is 35.8 Å². The maximum atomic E-state index is 12.8.